The van der Waals surface area contributed by atoms with E-state index in [1.807, 2.05) is 18.4 Å². The number of amides is 2. The molecular formula is C14H22N4O2. The van der Waals surface area contributed by atoms with E-state index in [-0.39, 0.29) is 17.9 Å². The first-order chi connectivity index (χ1) is 9.38. The van der Waals surface area contributed by atoms with Gasteiger partial charge in [0, 0.05) is 18.3 Å². The molecule has 1 unspecified atom stereocenters. The quantitative estimate of drug-likeness (QED) is 0.752. The third-order valence-corrected chi connectivity index (χ3v) is 3.21. The van der Waals surface area contributed by atoms with Crippen LogP contribution < -0.4 is 16.4 Å². The maximum absolute atomic E-state index is 12.2. The average molecular weight is 278 g/mol. The Balaban J connectivity index is 2.03. The minimum Gasteiger partial charge on any atom is -0.397 e. The van der Waals surface area contributed by atoms with E-state index in [4.69, 9.17) is 5.73 Å². The summed E-state index contributed by atoms with van der Waals surface area (Å²) < 4.78 is 1.90. The molecule has 1 aromatic rings. The summed E-state index contributed by atoms with van der Waals surface area (Å²) in [5.74, 6) is -0.453. The second-order valence-corrected chi connectivity index (χ2v) is 5.66. The number of hydrogen-bond acceptors (Lipinski definition) is 3. The summed E-state index contributed by atoms with van der Waals surface area (Å²) in [5.41, 5.74) is 6.85. The molecule has 0 radical (unpaired) electrons. The third kappa shape index (κ3) is 3.31. The van der Waals surface area contributed by atoms with Gasteiger partial charge < -0.3 is 20.9 Å². The van der Waals surface area contributed by atoms with Gasteiger partial charge >= 0.3 is 0 Å². The van der Waals surface area contributed by atoms with Gasteiger partial charge in [-0.3, -0.25) is 9.59 Å². The van der Waals surface area contributed by atoms with Crippen LogP contribution in [0.2, 0.25) is 0 Å². The van der Waals surface area contributed by atoms with Crippen LogP contribution >= 0.6 is 0 Å². The number of hydrogen-bond donors (Lipinski definition) is 3. The van der Waals surface area contributed by atoms with Gasteiger partial charge in [-0.15, -0.1) is 0 Å². The van der Waals surface area contributed by atoms with Crippen LogP contribution in [-0.2, 0) is 4.79 Å². The molecule has 1 aliphatic rings. The smallest absolute Gasteiger partial charge is 0.268 e. The standard InChI is InChI=1S/C14H22N4O2/c1-8(2)16-13(19)9(3)17-14(20)12-6-10(15)7-18(12)11-4-5-11/h6-9,11H,4-5,15H2,1-3H3,(H,16,19)(H,17,20). The SMILES string of the molecule is CC(C)NC(=O)C(C)NC(=O)c1cc(N)cn1C1CC1. The Morgan fingerprint density at radius 2 is 1.95 bits per heavy atom. The topological polar surface area (TPSA) is 89.2 Å². The molecule has 0 spiro atoms. The highest BCUT2D eigenvalue weighted by Crippen LogP contribution is 2.37. The predicted molar refractivity (Wildman–Crippen MR) is 77.3 cm³/mol. The van der Waals surface area contributed by atoms with E-state index in [0.29, 0.717) is 17.4 Å². The largest absolute Gasteiger partial charge is 0.397 e. The van der Waals surface area contributed by atoms with Crippen LogP contribution in [0.1, 0.15) is 50.1 Å². The molecule has 110 valence electrons. The Morgan fingerprint density at radius 1 is 1.30 bits per heavy atom. The first kappa shape index (κ1) is 14.4. The van der Waals surface area contributed by atoms with E-state index in [9.17, 15) is 9.59 Å². The lowest BCUT2D eigenvalue weighted by Crippen LogP contribution is -2.47. The first-order valence-corrected chi connectivity index (χ1v) is 6.97. The number of carbonyl (C=O) groups excluding carboxylic acids is 2. The van der Waals surface area contributed by atoms with Crippen LogP contribution in [-0.4, -0.2) is 28.5 Å². The highest BCUT2D eigenvalue weighted by Gasteiger charge is 2.28. The van der Waals surface area contributed by atoms with Gasteiger partial charge in [-0.05, 0) is 39.7 Å². The molecule has 1 atom stereocenters. The number of anilines is 1. The minimum atomic E-state index is -0.575. The molecule has 0 aromatic carbocycles. The molecule has 1 aromatic heterocycles. The summed E-state index contributed by atoms with van der Waals surface area (Å²) in [5, 5.41) is 5.48. The van der Waals surface area contributed by atoms with Crippen molar-refractivity contribution in [1.82, 2.24) is 15.2 Å². The molecule has 20 heavy (non-hydrogen) atoms. The van der Waals surface area contributed by atoms with Crippen molar-refractivity contribution in [2.75, 3.05) is 5.73 Å². The molecule has 4 N–H and O–H groups in total. The van der Waals surface area contributed by atoms with Gasteiger partial charge in [0.1, 0.15) is 11.7 Å². The fraction of sp³-hybridized carbons (Fsp3) is 0.571. The Labute approximate surface area is 118 Å². The van der Waals surface area contributed by atoms with E-state index >= 15 is 0 Å². The van der Waals surface area contributed by atoms with Crippen LogP contribution in [0.4, 0.5) is 5.69 Å². The van der Waals surface area contributed by atoms with Crippen molar-refractivity contribution >= 4 is 17.5 Å². The number of carbonyl (C=O) groups is 2. The van der Waals surface area contributed by atoms with Crippen LogP contribution in [0.15, 0.2) is 12.3 Å². The van der Waals surface area contributed by atoms with Gasteiger partial charge in [0.2, 0.25) is 5.91 Å². The summed E-state index contributed by atoms with van der Waals surface area (Å²) in [6, 6.07) is 1.50. The normalized spacial score (nSPS) is 16.0. The monoisotopic (exact) mass is 278 g/mol. The third-order valence-electron chi connectivity index (χ3n) is 3.21. The zero-order valence-corrected chi connectivity index (χ0v) is 12.1. The zero-order chi connectivity index (χ0) is 14.9. The number of rotatable bonds is 5. The average Bonchev–Trinajstić information content (AvgIpc) is 3.11. The van der Waals surface area contributed by atoms with Gasteiger partial charge in [-0.1, -0.05) is 0 Å². The van der Waals surface area contributed by atoms with Gasteiger partial charge in [0.15, 0.2) is 0 Å². The van der Waals surface area contributed by atoms with E-state index in [0.717, 1.165) is 12.8 Å². The summed E-state index contributed by atoms with van der Waals surface area (Å²) in [6.45, 7) is 5.43. The Hall–Kier alpha value is -1.98. The van der Waals surface area contributed by atoms with Gasteiger partial charge in [-0.25, -0.2) is 0 Å². The van der Waals surface area contributed by atoms with Crippen molar-refractivity contribution < 1.29 is 9.59 Å². The molecule has 1 saturated carbocycles. The van der Waals surface area contributed by atoms with Crippen molar-refractivity contribution in [3.05, 3.63) is 18.0 Å². The predicted octanol–water partition coefficient (Wildman–Crippen LogP) is 1.05. The summed E-state index contributed by atoms with van der Waals surface area (Å²) in [6.07, 6.45) is 3.92. The van der Waals surface area contributed by atoms with Crippen molar-refractivity contribution in [2.24, 2.45) is 0 Å². The number of nitrogens with one attached hydrogen (secondary N) is 2. The molecule has 1 fully saturated rings. The maximum atomic E-state index is 12.2. The van der Waals surface area contributed by atoms with Crippen LogP contribution in [0.3, 0.4) is 0 Å². The molecule has 6 nitrogen and oxygen atoms in total. The summed E-state index contributed by atoms with van der Waals surface area (Å²) >= 11 is 0. The first-order valence-electron chi connectivity index (χ1n) is 6.97. The van der Waals surface area contributed by atoms with E-state index in [2.05, 4.69) is 10.6 Å². The van der Waals surface area contributed by atoms with Crippen LogP contribution in [0.5, 0.6) is 0 Å². The van der Waals surface area contributed by atoms with E-state index in [1.165, 1.54) is 0 Å². The number of nitrogen functional groups attached to an aromatic ring is 1. The van der Waals surface area contributed by atoms with Crippen molar-refractivity contribution in [3.63, 3.8) is 0 Å². The van der Waals surface area contributed by atoms with Crippen molar-refractivity contribution in [1.29, 1.82) is 0 Å². The Morgan fingerprint density at radius 3 is 2.50 bits per heavy atom. The molecule has 1 aliphatic carbocycles. The molecule has 6 heteroatoms. The lowest BCUT2D eigenvalue weighted by atomic mass is 10.2. The van der Waals surface area contributed by atoms with Crippen molar-refractivity contribution in [2.45, 2.75) is 51.7 Å². The van der Waals surface area contributed by atoms with E-state index < -0.39 is 6.04 Å². The highest BCUT2D eigenvalue weighted by atomic mass is 16.2. The number of aromatic nitrogens is 1. The molecule has 0 bridgehead atoms. The Kier molecular flexibility index (Phi) is 4.01. The van der Waals surface area contributed by atoms with Gasteiger partial charge in [0.05, 0.1) is 5.69 Å². The summed E-state index contributed by atoms with van der Waals surface area (Å²) in [4.78, 5) is 24.0. The lowest BCUT2D eigenvalue weighted by Gasteiger charge is -2.16. The van der Waals surface area contributed by atoms with E-state index in [1.54, 1.807) is 19.2 Å². The van der Waals surface area contributed by atoms with Gasteiger partial charge in [0.25, 0.3) is 5.91 Å². The van der Waals surface area contributed by atoms with Crippen LogP contribution in [0, 0.1) is 0 Å². The number of nitrogens with zero attached hydrogens (tertiary/aromatic N) is 1. The number of nitrogens with two attached hydrogens (primary N) is 1. The molecule has 0 saturated heterocycles. The second kappa shape index (κ2) is 5.56. The fourth-order valence-corrected chi connectivity index (χ4v) is 2.08. The van der Waals surface area contributed by atoms with Crippen molar-refractivity contribution in [3.8, 4) is 0 Å². The highest BCUT2D eigenvalue weighted by molar-refractivity contribution is 5.97. The fourth-order valence-electron chi connectivity index (χ4n) is 2.08. The van der Waals surface area contributed by atoms with Crippen LogP contribution in [0.25, 0.3) is 0 Å². The zero-order valence-electron chi connectivity index (χ0n) is 12.1. The maximum Gasteiger partial charge on any atom is 0.268 e. The second-order valence-electron chi connectivity index (χ2n) is 5.66. The molecular weight excluding hydrogens is 256 g/mol. The minimum absolute atomic E-state index is 0.0489. The summed E-state index contributed by atoms with van der Waals surface area (Å²) in [7, 11) is 0. The molecule has 2 rings (SSSR count). The molecule has 1 heterocycles. The molecule has 2 amide bonds. The van der Waals surface area contributed by atoms with Gasteiger partial charge in [-0.2, -0.15) is 0 Å². The lowest BCUT2D eigenvalue weighted by molar-refractivity contribution is -0.123. The Bertz CT molecular complexity index is 517. The molecule has 0 aliphatic heterocycles.